The summed E-state index contributed by atoms with van der Waals surface area (Å²) < 4.78 is 27.5. The number of nitrogens with zero attached hydrogens (tertiary/aromatic N) is 3. The van der Waals surface area contributed by atoms with Crippen LogP contribution in [0.2, 0.25) is 0 Å². The molecule has 0 saturated carbocycles. The van der Waals surface area contributed by atoms with Gasteiger partial charge in [0.25, 0.3) is 5.69 Å². The van der Waals surface area contributed by atoms with Crippen LogP contribution in [-0.4, -0.2) is 30.4 Å². The lowest BCUT2D eigenvalue weighted by Crippen LogP contribution is -2.35. The van der Waals surface area contributed by atoms with Crippen LogP contribution in [0.25, 0.3) is 0 Å². The second kappa shape index (κ2) is 8.17. The first-order valence-corrected chi connectivity index (χ1v) is 10.8. The fourth-order valence-corrected chi connectivity index (χ4v) is 4.81. The molecule has 0 N–H and O–H groups in total. The molecule has 1 aliphatic heterocycles. The van der Waals surface area contributed by atoms with Crippen LogP contribution in [0, 0.1) is 10.1 Å². The fraction of sp³-hybridized carbons (Fsp3) is 0.136. The molecular weight excluding hydrogens is 402 g/mol. The van der Waals surface area contributed by atoms with E-state index in [1.54, 1.807) is 24.3 Å². The Balaban J connectivity index is 1.50. The van der Waals surface area contributed by atoms with E-state index >= 15 is 0 Å². The Hall–Kier alpha value is -3.36. The van der Waals surface area contributed by atoms with Crippen molar-refractivity contribution >= 4 is 27.6 Å². The molecule has 1 aliphatic rings. The maximum atomic E-state index is 13.0. The molecule has 1 heterocycles. The van der Waals surface area contributed by atoms with Crippen LogP contribution in [0.15, 0.2) is 82.7 Å². The predicted molar refractivity (Wildman–Crippen MR) is 115 cm³/mol. The normalized spacial score (nSPS) is 14.5. The van der Waals surface area contributed by atoms with E-state index in [1.807, 2.05) is 24.3 Å². The summed E-state index contributed by atoms with van der Waals surface area (Å²) in [6.45, 7) is 0.817. The summed E-state index contributed by atoms with van der Waals surface area (Å²) in [6.07, 6.45) is 2.21. The molecule has 0 aromatic heterocycles. The monoisotopic (exact) mass is 421 g/mol. The number of sulfonamides is 1. The lowest BCUT2D eigenvalue weighted by Gasteiger charge is -2.28. The van der Waals surface area contributed by atoms with Gasteiger partial charge in [-0.25, -0.2) is 8.42 Å². The van der Waals surface area contributed by atoms with Gasteiger partial charge in [-0.05, 0) is 47.4 Å². The number of fused-ring (bicyclic) bond motifs is 1. The van der Waals surface area contributed by atoms with Gasteiger partial charge in [0.15, 0.2) is 0 Å². The first-order valence-electron chi connectivity index (χ1n) is 9.39. The van der Waals surface area contributed by atoms with E-state index in [4.69, 9.17) is 0 Å². The fourth-order valence-electron chi connectivity index (χ4n) is 3.40. The topological polar surface area (TPSA) is 92.9 Å². The number of rotatable bonds is 5. The average Bonchev–Trinajstić information content (AvgIpc) is 2.78. The van der Waals surface area contributed by atoms with E-state index < -0.39 is 14.9 Å². The molecule has 7 nitrogen and oxygen atoms in total. The van der Waals surface area contributed by atoms with Crippen LogP contribution >= 0.6 is 0 Å². The summed E-state index contributed by atoms with van der Waals surface area (Å²) in [5, 5.41) is 10.9. The number of non-ortho nitro benzene ring substituents is 1. The minimum atomic E-state index is -3.60. The maximum absolute atomic E-state index is 13.0. The molecule has 0 radical (unpaired) electrons. The Kier molecular flexibility index (Phi) is 5.43. The average molecular weight is 421 g/mol. The molecule has 0 unspecified atom stereocenters. The standard InChI is InChI=1S/C22H19N3O4S/c26-25(27)21-7-3-4-17(14-21)15-23-20-8-10-22(11-9-20)30(28,29)24-13-12-18-5-1-2-6-19(18)16-24/h1-11,14-15H,12-13,16H2. The minimum Gasteiger partial charge on any atom is -0.258 e. The zero-order valence-electron chi connectivity index (χ0n) is 16.0. The van der Waals surface area contributed by atoms with Gasteiger partial charge in [0.05, 0.1) is 15.5 Å². The van der Waals surface area contributed by atoms with E-state index in [2.05, 4.69) is 4.99 Å². The first kappa shape index (κ1) is 19.9. The molecule has 0 atom stereocenters. The third-order valence-electron chi connectivity index (χ3n) is 5.01. The Morgan fingerprint density at radius 3 is 2.43 bits per heavy atom. The zero-order valence-corrected chi connectivity index (χ0v) is 16.8. The van der Waals surface area contributed by atoms with Gasteiger partial charge in [-0.3, -0.25) is 15.1 Å². The Morgan fingerprint density at radius 1 is 0.967 bits per heavy atom. The largest absolute Gasteiger partial charge is 0.270 e. The van der Waals surface area contributed by atoms with E-state index in [-0.39, 0.29) is 10.6 Å². The number of nitro groups is 1. The lowest BCUT2D eigenvalue weighted by atomic mass is 10.0. The van der Waals surface area contributed by atoms with Crippen molar-refractivity contribution in [2.75, 3.05) is 6.54 Å². The van der Waals surface area contributed by atoms with Crippen LogP contribution in [0.4, 0.5) is 11.4 Å². The van der Waals surface area contributed by atoms with Crippen molar-refractivity contribution in [2.24, 2.45) is 4.99 Å². The second-order valence-corrected chi connectivity index (χ2v) is 8.90. The molecule has 0 spiro atoms. The van der Waals surface area contributed by atoms with Gasteiger partial charge < -0.3 is 0 Å². The van der Waals surface area contributed by atoms with Crippen molar-refractivity contribution < 1.29 is 13.3 Å². The molecule has 0 amide bonds. The predicted octanol–water partition coefficient (Wildman–Crippen LogP) is 4.09. The summed E-state index contributed by atoms with van der Waals surface area (Å²) in [5.74, 6) is 0. The van der Waals surface area contributed by atoms with E-state index in [0.29, 0.717) is 30.8 Å². The van der Waals surface area contributed by atoms with Gasteiger partial charge >= 0.3 is 0 Å². The molecule has 152 valence electrons. The van der Waals surface area contributed by atoms with Gasteiger partial charge in [0, 0.05) is 31.4 Å². The molecule has 30 heavy (non-hydrogen) atoms. The Bertz CT molecular complexity index is 1220. The summed E-state index contributed by atoms with van der Waals surface area (Å²) in [5.41, 5.74) is 3.36. The molecule has 3 aromatic carbocycles. The van der Waals surface area contributed by atoms with Gasteiger partial charge in [-0.15, -0.1) is 0 Å². The number of benzene rings is 3. The SMILES string of the molecule is O=[N+]([O-])c1cccc(C=Nc2ccc(S(=O)(=O)N3CCc4ccccc4C3)cc2)c1. The van der Waals surface area contributed by atoms with E-state index in [0.717, 1.165) is 5.56 Å². The maximum Gasteiger partial charge on any atom is 0.270 e. The molecule has 0 bridgehead atoms. The van der Waals surface area contributed by atoms with Gasteiger partial charge in [0.2, 0.25) is 10.0 Å². The number of hydrogen-bond donors (Lipinski definition) is 0. The molecule has 4 rings (SSSR count). The third kappa shape index (κ3) is 4.14. The smallest absolute Gasteiger partial charge is 0.258 e. The lowest BCUT2D eigenvalue weighted by molar-refractivity contribution is -0.384. The van der Waals surface area contributed by atoms with Crippen LogP contribution < -0.4 is 0 Å². The summed E-state index contributed by atoms with van der Waals surface area (Å²) in [7, 11) is -3.60. The second-order valence-electron chi connectivity index (χ2n) is 6.96. The van der Waals surface area contributed by atoms with Crippen molar-refractivity contribution in [1.82, 2.24) is 4.31 Å². The highest BCUT2D eigenvalue weighted by molar-refractivity contribution is 7.89. The van der Waals surface area contributed by atoms with Crippen LogP contribution in [-0.2, 0) is 23.0 Å². The highest BCUT2D eigenvalue weighted by Gasteiger charge is 2.28. The minimum absolute atomic E-state index is 0.0107. The highest BCUT2D eigenvalue weighted by atomic mass is 32.2. The first-order chi connectivity index (χ1) is 14.4. The molecule has 8 heteroatoms. The van der Waals surface area contributed by atoms with Gasteiger partial charge in [0.1, 0.15) is 0 Å². The van der Waals surface area contributed by atoms with Crippen molar-refractivity contribution in [2.45, 2.75) is 17.9 Å². The van der Waals surface area contributed by atoms with Crippen molar-refractivity contribution in [3.63, 3.8) is 0 Å². The number of nitro benzene ring substituents is 1. The number of hydrogen-bond acceptors (Lipinski definition) is 5. The van der Waals surface area contributed by atoms with Crippen molar-refractivity contribution in [1.29, 1.82) is 0 Å². The Labute approximate surface area is 174 Å². The molecule has 3 aromatic rings. The summed E-state index contributed by atoms with van der Waals surface area (Å²) >= 11 is 0. The zero-order chi connectivity index (χ0) is 21.1. The van der Waals surface area contributed by atoms with Gasteiger partial charge in [-0.1, -0.05) is 36.4 Å². The Morgan fingerprint density at radius 2 is 1.70 bits per heavy atom. The molecule has 0 saturated heterocycles. The molecule has 0 aliphatic carbocycles. The van der Waals surface area contributed by atoms with Crippen molar-refractivity contribution in [3.8, 4) is 0 Å². The highest BCUT2D eigenvalue weighted by Crippen LogP contribution is 2.26. The summed E-state index contributed by atoms with van der Waals surface area (Å²) in [4.78, 5) is 14.9. The summed E-state index contributed by atoms with van der Waals surface area (Å²) in [6, 6.07) is 20.3. The molecule has 0 fully saturated rings. The van der Waals surface area contributed by atoms with Crippen LogP contribution in [0.3, 0.4) is 0 Å². The quantitative estimate of drug-likeness (QED) is 0.352. The molecular formula is C22H19N3O4S. The number of aliphatic imine (C=N–C) groups is 1. The van der Waals surface area contributed by atoms with E-state index in [9.17, 15) is 18.5 Å². The third-order valence-corrected chi connectivity index (χ3v) is 6.87. The van der Waals surface area contributed by atoms with Crippen LogP contribution in [0.5, 0.6) is 0 Å². The van der Waals surface area contributed by atoms with E-state index in [1.165, 1.54) is 40.3 Å². The van der Waals surface area contributed by atoms with Crippen LogP contribution in [0.1, 0.15) is 16.7 Å². The van der Waals surface area contributed by atoms with Gasteiger partial charge in [-0.2, -0.15) is 4.31 Å². The van der Waals surface area contributed by atoms with Crippen molar-refractivity contribution in [3.05, 3.63) is 99.6 Å².